The number of aromatic nitrogens is 1. The standard InChI is InChI=1S/C22H19FN2O3/c23-18-6-8-19(9-7-18)24-11-10-17(14-24)13-21(26)25-20(15-28-22(25)27)12-16-4-2-1-3-5-16/h1-11,14,20H,12-13,15H2. The summed E-state index contributed by atoms with van der Waals surface area (Å²) in [5, 5.41) is 0. The summed E-state index contributed by atoms with van der Waals surface area (Å²) in [6.07, 6.45) is 3.67. The monoisotopic (exact) mass is 378 g/mol. The van der Waals surface area contributed by atoms with E-state index in [0.29, 0.717) is 6.42 Å². The van der Waals surface area contributed by atoms with Gasteiger partial charge in [-0.25, -0.2) is 14.1 Å². The van der Waals surface area contributed by atoms with Gasteiger partial charge in [0, 0.05) is 18.1 Å². The minimum atomic E-state index is -0.594. The third-order valence-electron chi connectivity index (χ3n) is 4.78. The zero-order valence-corrected chi connectivity index (χ0v) is 15.1. The van der Waals surface area contributed by atoms with Gasteiger partial charge >= 0.3 is 6.09 Å². The molecule has 5 nitrogen and oxygen atoms in total. The molecule has 4 rings (SSSR count). The molecule has 0 N–H and O–H groups in total. The van der Waals surface area contributed by atoms with Crippen LogP contribution in [0.25, 0.3) is 5.69 Å². The first-order valence-corrected chi connectivity index (χ1v) is 9.06. The maximum Gasteiger partial charge on any atom is 0.416 e. The number of imide groups is 1. The van der Waals surface area contributed by atoms with Gasteiger partial charge < -0.3 is 9.30 Å². The molecule has 0 aliphatic carbocycles. The molecule has 142 valence electrons. The fourth-order valence-corrected chi connectivity index (χ4v) is 3.38. The molecule has 0 saturated carbocycles. The molecule has 2 heterocycles. The zero-order valence-electron chi connectivity index (χ0n) is 15.1. The summed E-state index contributed by atoms with van der Waals surface area (Å²) in [5.41, 5.74) is 2.61. The van der Waals surface area contributed by atoms with Crippen LogP contribution in [-0.2, 0) is 22.4 Å². The molecule has 0 spiro atoms. The topological polar surface area (TPSA) is 51.5 Å². The van der Waals surface area contributed by atoms with Crippen LogP contribution < -0.4 is 0 Å². The van der Waals surface area contributed by atoms with Gasteiger partial charge in [-0.2, -0.15) is 0 Å². The van der Waals surface area contributed by atoms with Crippen molar-refractivity contribution in [2.45, 2.75) is 18.9 Å². The quantitative estimate of drug-likeness (QED) is 0.679. The zero-order chi connectivity index (χ0) is 19.5. The van der Waals surface area contributed by atoms with Crippen molar-refractivity contribution in [2.24, 2.45) is 0 Å². The number of ether oxygens (including phenoxy) is 1. The van der Waals surface area contributed by atoms with Crippen molar-refractivity contribution in [3.63, 3.8) is 0 Å². The summed E-state index contributed by atoms with van der Waals surface area (Å²) in [4.78, 5) is 26.1. The van der Waals surface area contributed by atoms with Crippen LogP contribution in [-0.4, -0.2) is 34.1 Å². The van der Waals surface area contributed by atoms with E-state index in [1.54, 1.807) is 24.5 Å². The second-order valence-electron chi connectivity index (χ2n) is 6.76. The largest absolute Gasteiger partial charge is 0.447 e. The van der Waals surface area contributed by atoms with E-state index >= 15 is 0 Å². The van der Waals surface area contributed by atoms with Crippen molar-refractivity contribution >= 4 is 12.0 Å². The van der Waals surface area contributed by atoms with Crippen molar-refractivity contribution < 1.29 is 18.7 Å². The lowest BCUT2D eigenvalue weighted by Crippen LogP contribution is -2.41. The minimum Gasteiger partial charge on any atom is -0.447 e. The molecule has 1 unspecified atom stereocenters. The van der Waals surface area contributed by atoms with Gasteiger partial charge in [-0.15, -0.1) is 0 Å². The Bertz CT molecular complexity index is 983. The predicted octanol–water partition coefficient (Wildman–Crippen LogP) is 3.75. The molecular formula is C22H19FN2O3. The minimum absolute atomic E-state index is 0.0918. The highest BCUT2D eigenvalue weighted by Gasteiger charge is 2.37. The van der Waals surface area contributed by atoms with Gasteiger partial charge in [0.15, 0.2) is 0 Å². The molecule has 0 bridgehead atoms. The maximum absolute atomic E-state index is 13.1. The lowest BCUT2D eigenvalue weighted by molar-refractivity contribution is -0.128. The Balaban J connectivity index is 1.46. The van der Waals surface area contributed by atoms with Crippen LogP contribution >= 0.6 is 0 Å². The Labute approximate surface area is 162 Å². The first-order valence-electron chi connectivity index (χ1n) is 9.06. The summed E-state index contributed by atoms with van der Waals surface area (Å²) >= 11 is 0. The van der Waals surface area contributed by atoms with Crippen LogP contribution in [0.5, 0.6) is 0 Å². The first kappa shape index (κ1) is 18.0. The van der Waals surface area contributed by atoms with Crippen LogP contribution in [0.2, 0.25) is 0 Å². The average Bonchev–Trinajstić information content (AvgIpc) is 3.30. The lowest BCUT2D eigenvalue weighted by atomic mass is 10.1. The van der Waals surface area contributed by atoms with E-state index in [1.165, 1.54) is 17.0 Å². The van der Waals surface area contributed by atoms with Gasteiger partial charge in [-0.3, -0.25) is 4.79 Å². The Kier molecular flexibility index (Phi) is 4.93. The van der Waals surface area contributed by atoms with E-state index in [9.17, 15) is 14.0 Å². The molecular weight excluding hydrogens is 359 g/mol. The SMILES string of the molecule is O=C(Cc1ccn(-c2ccc(F)cc2)c1)N1C(=O)OCC1Cc1ccccc1. The van der Waals surface area contributed by atoms with Crippen molar-refractivity contribution in [2.75, 3.05) is 6.61 Å². The molecule has 1 saturated heterocycles. The molecule has 1 aliphatic heterocycles. The number of carbonyl (C=O) groups excluding carboxylic acids is 2. The fraction of sp³-hybridized carbons (Fsp3) is 0.182. The summed E-state index contributed by atoms with van der Waals surface area (Å²) in [7, 11) is 0. The summed E-state index contributed by atoms with van der Waals surface area (Å²) < 4.78 is 20.0. The van der Waals surface area contributed by atoms with E-state index in [4.69, 9.17) is 4.74 Å². The van der Waals surface area contributed by atoms with Crippen molar-refractivity contribution in [1.29, 1.82) is 0 Å². The van der Waals surface area contributed by atoms with Crippen LogP contribution in [0.1, 0.15) is 11.1 Å². The number of nitrogens with zero attached hydrogens (tertiary/aromatic N) is 2. The fourth-order valence-electron chi connectivity index (χ4n) is 3.38. The number of rotatable bonds is 5. The second-order valence-corrected chi connectivity index (χ2v) is 6.76. The van der Waals surface area contributed by atoms with Gasteiger partial charge in [0.1, 0.15) is 12.4 Å². The highest BCUT2D eigenvalue weighted by molar-refractivity contribution is 5.94. The number of benzene rings is 2. The number of hydrogen-bond donors (Lipinski definition) is 0. The maximum atomic E-state index is 13.1. The van der Waals surface area contributed by atoms with Crippen LogP contribution in [0, 0.1) is 5.82 Å². The van der Waals surface area contributed by atoms with Crippen LogP contribution in [0.4, 0.5) is 9.18 Å². The molecule has 1 atom stereocenters. The number of amides is 2. The number of carbonyl (C=O) groups is 2. The van der Waals surface area contributed by atoms with Gasteiger partial charge in [0.05, 0.1) is 12.5 Å². The van der Waals surface area contributed by atoms with E-state index in [1.807, 2.05) is 41.0 Å². The third-order valence-corrected chi connectivity index (χ3v) is 4.78. The first-order chi connectivity index (χ1) is 13.6. The average molecular weight is 378 g/mol. The highest BCUT2D eigenvalue weighted by Crippen LogP contribution is 2.20. The van der Waals surface area contributed by atoms with E-state index < -0.39 is 6.09 Å². The smallest absolute Gasteiger partial charge is 0.416 e. The van der Waals surface area contributed by atoms with Gasteiger partial charge in [0.25, 0.3) is 0 Å². The number of hydrogen-bond acceptors (Lipinski definition) is 3. The summed E-state index contributed by atoms with van der Waals surface area (Å²) in [6.45, 7) is 0.204. The third kappa shape index (κ3) is 3.81. The normalized spacial score (nSPS) is 16.2. The van der Waals surface area contributed by atoms with Gasteiger partial charge in [-0.05, 0) is 47.9 Å². The Morgan fingerprint density at radius 2 is 1.79 bits per heavy atom. The van der Waals surface area contributed by atoms with Gasteiger partial charge in [-0.1, -0.05) is 30.3 Å². The van der Waals surface area contributed by atoms with E-state index in [-0.39, 0.29) is 30.8 Å². The molecule has 28 heavy (non-hydrogen) atoms. The summed E-state index contributed by atoms with van der Waals surface area (Å²) in [5.74, 6) is -0.594. The molecule has 3 aromatic rings. The Morgan fingerprint density at radius 3 is 2.54 bits per heavy atom. The molecule has 1 aliphatic rings. The van der Waals surface area contributed by atoms with E-state index in [2.05, 4.69) is 0 Å². The Morgan fingerprint density at radius 1 is 1.04 bits per heavy atom. The predicted molar refractivity (Wildman–Crippen MR) is 102 cm³/mol. The van der Waals surface area contributed by atoms with E-state index in [0.717, 1.165) is 16.8 Å². The molecule has 1 fully saturated rings. The number of cyclic esters (lactones) is 1. The lowest BCUT2D eigenvalue weighted by Gasteiger charge is -2.19. The van der Waals surface area contributed by atoms with Gasteiger partial charge in [0.2, 0.25) is 5.91 Å². The number of halogens is 1. The van der Waals surface area contributed by atoms with Crippen molar-refractivity contribution in [3.8, 4) is 5.69 Å². The van der Waals surface area contributed by atoms with Crippen molar-refractivity contribution in [1.82, 2.24) is 9.47 Å². The molecule has 6 heteroatoms. The van der Waals surface area contributed by atoms with Crippen LogP contribution in [0.15, 0.2) is 73.1 Å². The second kappa shape index (κ2) is 7.68. The van der Waals surface area contributed by atoms with Crippen molar-refractivity contribution in [3.05, 3.63) is 90.0 Å². The Hall–Kier alpha value is -3.41. The molecule has 2 aromatic carbocycles. The summed E-state index contributed by atoms with van der Waals surface area (Å²) in [6, 6.07) is 17.3. The molecule has 1 aromatic heterocycles. The molecule has 2 amide bonds. The highest BCUT2D eigenvalue weighted by atomic mass is 19.1. The van der Waals surface area contributed by atoms with Crippen LogP contribution in [0.3, 0.4) is 0 Å². The molecule has 0 radical (unpaired) electrons.